The second-order valence-corrected chi connectivity index (χ2v) is 4.66. The van der Waals surface area contributed by atoms with Gasteiger partial charge in [-0.05, 0) is 24.3 Å². The molecule has 2 rings (SSSR count). The molecule has 0 bridgehead atoms. The first-order chi connectivity index (χ1) is 10.7. The molecule has 0 aromatic heterocycles. The lowest BCUT2D eigenvalue weighted by Crippen LogP contribution is -2.16. The van der Waals surface area contributed by atoms with E-state index in [0.717, 1.165) is 17.1 Å². The summed E-state index contributed by atoms with van der Waals surface area (Å²) in [6, 6.07) is 14.9. The Balaban J connectivity index is 1.82. The summed E-state index contributed by atoms with van der Waals surface area (Å²) in [5.74, 6) is 1.41. The predicted molar refractivity (Wildman–Crippen MR) is 87.7 cm³/mol. The predicted octanol–water partition coefficient (Wildman–Crippen LogP) is 3.14. The Morgan fingerprint density at radius 1 is 1.05 bits per heavy atom. The van der Waals surface area contributed by atoms with Gasteiger partial charge in [0.1, 0.15) is 11.5 Å². The Labute approximate surface area is 130 Å². The van der Waals surface area contributed by atoms with E-state index in [4.69, 9.17) is 9.47 Å². The SMILES string of the molecule is COc1cccc(NC(=O)CCNc2ccccc2OC)c1. The summed E-state index contributed by atoms with van der Waals surface area (Å²) in [7, 11) is 3.22. The minimum absolute atomic E-state index is 0.0596. The van der Waals surface area contributed by atoms with Gasteiger partial charge in [-0.2, -0.15) is 0 Å². The molecule has 0 spiro atoms. The molecule has 0 aliphatic carbocycles. The summed E-state index contributed by atoms with van der Waals surface area (Å²) in [5, 5.41) is 6.03. The molecular weight excluding hydrogens is 280 g/mol. The van der Waals surface area contributed by atoms with Crippen molar-refractivity contribution in [2.24, 2.45) is 0 Å². The standard InChI is InChI=1S/C17H20N2O3/c1-21-14-7-5-6-13(12-14)19-17(20)10-11-18-15-8-3-4-9-16(15)22-2/h3-9,12,18H,10-11H2,1-2H3,(H,19,20). The van der Waals surface area contributed by atoms with E-state index in [1.54, 1.807) is 20.3 Å². The van der Waals surface area contributed by atoms with Crippen LogP contribution in [0.15, 0.2) is 48.5 Å². The van der Waals surface area contributed by atoms with Crippen LogP contribution in [0.2, 0.25) is 0 Å². The number of anilines is 2. The monoisotopic (exact) mass is 300 g/mol. The van der Waals surface area contributed by atoms with E-state index in [0.29, 0.717) is 18.7 Å². The van der Waals surface area contributed by atoms with Gasteiger partial charge in [0.05, 0.1) is 19.9 Å². The van der Waals surface area contributed by atoms with E-state index in [2.05, 4.69) is 10.6 Å². The van der Waals surface area contributed by atoms with Crippen LogP contribution in [-0.4, -0.2) is 26.7 Å². The second-order valence-electron chi connectivity index (χ2n) is 4.66. The summed E-state index contributed by atoms with van der Waals surface area (Å²) in [6.07, 6.45) is 0.356. The minimum Gasteiger partial charge on any atom is -0.497 e. The highest BCUT2D eigenvalue weighted by molar-refractivity contribution is 5.91. The van der Waals surface area contributed by atoms with Gasteiger partial charge in [-0.3, -0.25) is 4.79 Å². The number of amides is 1. The molecule has 116 valence electrons. The maximum absolute atomic E-state index is 11.9. The van der Waals surface area contributed by atoms with Crippen molar-refractivity contribution < 1.29 is 14.3 Å². The molecule has 2 aromatic rings. The van der Waals surface area contributed by atoms with Gasteiger partial charge < -0.3 is 20.1 Å². The quantitative estimate of drug-likeness (QED) is 0.824. The Kier molecular flexibility index (Phi) is 5.65. The topological polar surface area (TPSA) is 59.6 Å². The molecule has 1 amide bonds. The Hall–Kier alpha value is -2.69. The lowest BCUT2D eigenvalue weighted by atomic mass is 10.2. The van der Waals surface area contributed by atoms with Gasteiger partial charge in [0.25, 0.3) is 0 Å². The highest BCUT2D eigenvalue weighted by Crippen LogP contribution is 2.22. The molecule has 0 atom stereocenters. The average molecular weight is 300 g/mol. The molecular formula is C17H20N2O3. The largest absolute Gasteiger partial charge is 0.497 e. The van der Waals surface area contributed by atoms with Crippen molar-refractivity contribution >= 4 is 17.3 Å². The number of rotatable bonds is 7. The van der Waals surface area contributed by atoms with Crippen molar-refractivity contribution in [1.82, 2.24) is 0 Å². The summed E-state index contributed by atoms with van der Waals surface area (Å²) in [6.45, 7) is 0.524. The average Bonchev–Trinajstić information content (AvgIpc) is 2.55. The maximum atomic E-state index is 11.9. The lowest BCUT2D eigenvalue weighted by molar-refractivity contribution is -0.115. The maximum Gasteiger partial charge on any atom is 0.226 e. The van der Waals surface area contributed by atoms with Crippen LogP contribution in [0.5, 0.6) is 11.5 Å². The molecule has 0 saturated heterocycles. The van der Waals surface area contributed by atoms with Gasteiger partial charge in [0.2, 0.25) is 5.91 Å². The fourth-order valence-electron chi connectivity index (χ4n) is 2.03. The second kappa shape index (κ2) is 7.93. The van der Waals surface area contributed by atoms with Gasteiger partial charge in [0, 0.05) is 24.7 Å². The Morgan fingerprint density at radius 3 is 2.64 bits per heavy atom. The first-order valence-electron chi connectivity index (χ1n) is 7.03. The first kappa shape index (κ1) is 15.7. The zero-order valence-corrected chi connectivity index (χ0v) is 12.8. The van der Waals surface area contributed by atoms with Crippen molar-refractivity contribution in [3.63, 3.8) is 0 Å². The zero-order valence-electron chi connectivity index (χ0n) is 12.8. The van der Waals surface area contributed by atoms with E-state index >= 15 is 0 Å². The number of benzene rings is 2. The third-order valence-corrected chi connectivity index (χ3v) is 3.13. The fourth-order valence-corrected chi connectivity index (χ4v) is 2.03. The van der Waals surface area contributed by atoms with E-state index < -0.39 is 0 Å². The lowest BCUT2D eigenvalue weighted by Gasteiger charge is -2.11. The molecule has 5 heteroatoms. The van der Waals surface area contributed by atoms with Crippen LogP contribution in [0.1, 0.15) is 6.42 Å². The van der Waals surface area contributed by atoms with Gasteiger partial charge in [0.15, 0.2) is 0 Å². The third-order valence-electron chi connectivity index (χ3n) is 3.13. The summed E-state index contributed by atoms with van der Waals surface area (Å²) >= 11 is 0. The zero-order chi connectivity index (χ0) is 15.8. The van der Waals surface area contributed by atoms with E-state index in [9.17, 15) is 4.79 Å². The number of nitrogens with one attached hydrogen (secondary N) is 2. The van der Waals surface area contributed by atoms with Crippen LogP contribution in [-0.2, 0) is 4.79 Å². The van der Waals surface area contributed by atoms with E-state index in [1.165, 1.54) is 0 Å². The summed E-state index contributed by atoms with van der Waals surface area (Å²) in [5.41, 5.74) is 1.60. The van der Waals surface area contributed by atoms with Crippen LogP contribution >= 0.6 is 0 Å². The molecule has 0 saturated carbocycles. The van der Waals surface area contributed by atoms with Crippen molar-refractivity contribution in [3.05, 3.63) is 48.5 Å². The number of carbonyl (C=O) groups is 1. The van der Waals surface area contributed by atoms with Gasteiger partial charge in [-0.25, -0.2) is 0 Å². The van der Waals surface area contributed by atoms with Gasteiger partial charge in [-0.15, -0.1) is 0 Å². The molecule has 0 fully saturated rings. The number of carbonyl (C=O) groups excluding carboxylic acids is 1. The molecule has 0 aliphatic rings. The number of hydrogen-bond acceptors (Lipinski definition) is 4. The molecule has 22 heavy (non-hydrogen) atoms. The number of methoxy groups -OCH3 is 2. The fraction of sp³-hybridized carbons (Fsp3) is 0.235. The van der Waals surface area contributed by atoms with E-state index in [1.807, 2.05) is 42.5 Å². The molecule has 0 aliphatic heterocycles. The van der Waals surface area contributed by atoms with Crippen molar-refractivity contribution in [3.8, 4) is 11.5 Å². The van der Waals surface area contributed by atoms with Crippen molar-refractivity contribution in [1.29, 1.82) is 0 Å². The van der Waals surface area contributed by atoms with Crippen LogP contribution in [0.25, 0.3) is 0 Å². The Bertz CT molecular complexity index is 629. The van der Waals surface area contributed by atoms with Gasteiger partial charge >= 0.3 is 0 Å². The third kappa shape index (κ3) is 4.41. The smallest absolute Gasteiger partial charge is 0.226 e. The van der Waals surface area contributed by atoms with Crippen molar-refractivity contribution in [2.75, 3.05) is 31.4 Å². The molecule has 0 unspecified atom stereocenters. The van der Waals surface area contributed by atoms with Crippen LogP contribution in [0.4, 0.5) is 11.4 Å². The molecule has 2 aromatic carbocycles. The highest BCUT2D eigenvalue weighted by Gasteiger charge is 2.05. The van der Waals surface area contributed by atoms with Gasteiger partial charge in [-0.1, -0.05) is 18.2 Å². The highest BCUT2D eigenvalue weighted by atomic mass is 16.5. The number of para-hydroxylation sites is 2. The summed E-state index contributed by atoms with van der Waals surface area (Å²) < 4.78 is 10.4. The number of ether oxygens (including phenoxy) is 2. The first-order valence-corrected chi connectivity index (χ1v) is 7.03. The molecule has 0 radical (unpaired) electrons. The van der Waals surface area contributed by atoms with Crippen LogP contribution in [0, 0.1) is 0 Å². The normalized spacial score (nSPS) is 9.91. The molecule has 2 N–H and O–H groups in total. The molecule has 5 nitrogen and oxygen atoms in total. The van der Waals surface area contributed by atoms with Crippen LogP contribution in [0.3, 0.4) is 0 Å². The van der Waals surface area contributed by atoms with Crippen molar-refractivity contribution in [2.45, 2.75) is 6.42 Å². The van der Waals surface area contributed by atoms with E-state index in [-0.39, 0.29) is 5.91 Å². The molecule has 0 heterocycles. The Morgan fingerprint density at radius 2 is 1.86 bits per heavy atom. The summed E-state index contributed by atoms with van der Waals surface area (Å²) in [4.78, 5) is 11.9. The van der Waals surface area contributed by atoms with Crippen LogP contribution < -0.4 is 20.1 Å². The minimum atomic E-state index is -0.0596. The number of hydrogen-bond donors (Lipinski definition) is 2.